The largest absolute Gasteiger partial charge is 0.548 e. The van der Waals surface area contributed by atoms with Crippen molar-refractivity contribution in [2.75, 3.05) is 14.2 Å². The lowest BCUT2D eigenvalue weighted by Gasteiger charge is -2.25. The highest BCUT2D eigenvalue weighted by molar-refractivity contribution is 5.81. The van der Waals surface area contributed by atoms with E-state index in [9.17, 15) is 14.7 Å². The van der Waals surface area contributed by atoms with Crippen LogP contribution in [0.2, 0.25) is 0 Å². The third-order valence-electron chi connectivity index (χ3n) is 3.65. The smallest absolute Gasteiger partial charge is 0.315 e. The van der Waals surface area contributed by atoms with E-state index in [4.69, 9.17) is 9.47 Å². The number of amides is 2. The number of aliphatic carboxylic acids is 1. The topological polar surface area (TPSA) is 99.7 Å². The molecular formula is C16H23N2O5-. The predicted octanol–water partition coefficient (Wildman–Crippen LogP) is 0.668. The van der Waals surface area contributed by atoms with Gasteiger partial charge >= 0.3 is 6.03 Å². The average molecular weight is 323 g/mol. The van der Waals surface area contributed by atoms with Crippen molar-refractivity contribution in [1.29, 1.82) is 0 Å². The van der Waals surface area contributed by atoms with E-state index < -0.39 is 18.0 Å². The van der Waals surface area contributed by atoms with Crippen molar-refractivity contribution in [3.05, 3.63) is 23.8 Å². The molecule has 0 spiro atoms. The summed E-state index contributed by atoms with van der Waals surface area (Å²) in [6, 6.07) is 3.67. The molecule has 0 bridgehead atoms. The molecule has 0 aliphatic rings. The van der Waals surface area contributed by atoms with Gasteiger partial charge in [0.05, 0.1) is 26.2 Å². The lowest BCUT2D eigenvalue weighted by Crippen LogP contribution is -2.53. The first-order valence-corrected chi connectivity index (χ1v) is 7.39. The standard InChI is InChI=1S/C16H24N2O5/c1-5-10(2)14(15(19)20)18-16(21)17-9-11-6-7-12(22-3)13(8-11)23-4/h6-8,10,14H,5,9H2,1-4H3,(H,19,20)(H2,17,18,21)/p-1/t10-,14+/m1/s1. The van der Waals surface area contributed by atoms with Crippen molar-refractivity contribution < 1.29 is 24.2 Å². The molecule has 2 amide bonds. The highest BCUT2D eigenvalue weighted by Crippen LogP contribution is 2.27. The Morgan fingerprint density at radius 3 is 2.39 bits per heavy atom. The summed E-state index contributed by atoms with van der Waals surface area (Å²) in [4.78, 5) is 22.9. The fourth-order valence-electron chi connectivity index (χ4n) is 2.03. The third kappa shape index (κ3) is 5.36. The Morgan fingerprint density at radius 1 is 1.22 bits per heavy atom. The lowest BCUT2D eigenvalue weighted by molar-refractivity contribution is -0.309. The SMILES string of the molecule is CC[C@@H](C)[C@H](NC(=O)NCc1ccc(OC)c(OC)c1)C(=O)[O-]. The number of rotatable bonds is 8. The molecule has 7 heteroatoms. The molecule has 0 saturated heterocycles. The van der Waals surface area contributed by atoms with Gasteiger partial charge in [-0.05, 0) is 23.6 Å². The van der Waals surface area contributed by atoms with Crippen LogP contribution in [-0.2, 0) is 11.3 Å². The molecule has 0 aliphatic carbocycles. The van der Waals surface area contributed by atoms with E-state index in [0.29, 0.717) is 17.9 Å². The summed E-state index contributed by atoms with van der Waals surface area (Å²) < 4.78 is 10.3. The Hall–Kier alpha value is -2.44. The van der Waals surface area contributed by atoms with E-state index in [-0.39, 0.29) is 12.5 Å². The summed E-state index contributed by atoms with van der Waals surface area (Å²) in [5.41, 5.74) is 0.798. The number of urea groups is 1. The van der Waals surface area contributed by atoms with Gasteiger partial charge in [0, 0.05) is 6.54 Å². The van der Waals surface area contributed by atoms with E-state index in [1.165, 1.54) is 14.2 Å². The number of methoxy groups -OCH3 is 2. The summed E-state index contributed by atoms with van der Waals surface area (Å²) in [6.07, 6.45) is 0.620. The molecule has 2 atom stereocenters. The number of carbonyl (C=O) groups excluding carboxylic acids is 2. The van der Waals surface area contributed by atoms with Gasteiger partial charge < -0.3 is 30.0 Å². The first-order chi connectivity index (χ1) is 10.9. The maximum atomic E-state index is 11.9. The van der Waals surface area contributed by atoms with Gasteiger partial charge in [-0.3, -0.25) is 0 Å². The number of carboxylic acids is 1. The molecule has 1 rings (SSSR count). The zero-order valence-electron chi connectivity index (χ0n) is 13.8. The van der Waals surface area contributed by atoms with E-state index >= 15 is 0 Å². The van der Waals surface area contributed by atoms with Crippen molar-refractivity contribution in [3.63, 3.8) is 0 Å². The molecule has 1 aromatic carbocycles. The van der Waals surface area contributed by atoms with Crippen molar-refractivity contribution in [2.45, 2.75) is 32.9 Å². The summed E-state index contributed by atoms with van der Waals surface area (Å²) >= 11 is 0. The second kappa shape index (κ2) is 8.87. The summed E-state index contributed by atoms with van der Waals surface area (Å²) in [6.45, 7) is 3.82. The predicted molar refractivity (Wildman–Crippen MR) is 83.2 cm³/mol. The van der Waals surface area contributed by atoms with Crippen LogP contribution < -0.4 is 25.2 Å². The van der Waals surface area contributed by atoms with Gasteiger partial charge in [-0.25, -0.2) is 4.79 Å². The van der Waals surface area contributed by atoms with Gasteiger partial charge in [0.15, 0.2) is 11.5 Å². The number of ether oxygens (including phenoxy) is 2. The van der Waals surface area contributed by atoms with Crippen LogP contribution >= 0.6 is 0 Å². The van der Waals surface area contributed by atoms with Crippen molar-refractivity contribution in [2.24, 2.45) is 5.92 Å². The highest BCUT2D eigenvalue weighted by atomic mass is 16.5. The minimum absolute atomic E-state index is 0.216. The Balaban J connectivity index is 2.63. The van der Waals surface area contributed by atoms with Gasteiger partial charge in [0.25, 0.3) is 0 Å². The first-order valence-electron chi connectivity index (χ1n) is 7.39. The van der Waals surface area contributed by atoms with Crippen LogP contribution in [0.5, 0.6) is 11.5 Å². The maximum Gasteiger partial charge on any atom is 0.315 e. The Kier molecular flexibility index (Phi) is 7.18. The monoisotopic (exact) mass is 323 g/mol. The van der Waals surface area contributed by atoms with Crippen LogP contribution in [0.15, 0.2) is 18.2 Å². The van der Waals surface area contributed by atoms with Gasteiger partial charge in [-0.15, -0.1) is 0 Å². The summed E-state index contributed by atoms with van der Waals surface area (Å²) in [5.74, 6) is -0.360. The fourth-order valence-corrected chi connectivity index (χ4v) is 2.03. The number of hydrogen-bond acceptors (Lipinski definition) is 5. The molecule has 23 heavy (non-hydrogen) atoms. The maximum absolute atomic E-state index is 11.9. The van der Waals surface area contributed by atoms with Gasteiger partial charge in [0.2, 0.25) is 0 Å². The first kappa shape index (κ1) is 18.6. The minimum Gasteiger partial charge on any atom is -0.548 e. The van der Waals surface area contributed by atoms with Crippen LogP contribution in [0.3, 0.4) is 0 Å². The zero-order valence-corrected chi connectivity index (χ0v) is 13.8. The molecule has 0 radical (unpaired) electrons. The lowest BCUT2D eigenvalue weighted by atomic mass is 9.99. The molecule has 0 saturated carbocycles. The molecular weight excluding hydrogens is 300 g/mol. The number of carbonyl (C=O) groups is 2. The quantitative estimate of drug-likeness (QED) is 0.732. The number of hydrogen-bond donors (Lipinski definition) is 2. The molecule has 7 nitrogen and oxygen atoms in total. The molecule has 0 aromatic heterocycles. The van der Waals surface area contributed by atoms with Gasteiger partial charge in [-0.2, -0.15) is 0 Å². The van der Waals surface area contributed by atoms with Crippen LogP contribution in [0.4, 0.5) is 4.79 Å². The number of benzene rings is 1. The third-order valence-corrected chi connectivity index (χ3v) is 3.65. The molecule has 0 unspecified atom stereocenters. The van der Waals surface area contributed by atoms with Crippen LogP contribution in [0, 0.1) is 5.92 Å². The average Bonchev–Trinajstić information content (AvgIpc) is 2.56. The van der Waals surface area contributed by atoms with Crippen molar-refractivity contribution >= 4 is 12.0 Å². The van der Waals surface area contributed by atoms with Crippen molar-refractivity contribution in [1.82, 2.24) is 10.6 Å². The zero-order chi connectivity index (χ0) is 17.4. The molecule has 128 valence electrons. The van der Waals surface area contributed by atoms with E-state index in [0.717, 1.165) is 5.56 Å². The second-order valence-corrected chi connectivity index (χ2v) is 5.20. The molecule has 0 heterocycles. The van der Waals surface area contributed by atoms with Crippen molar-refractivity contribution in [3.8, 4) is 11.5 Å². The normalized spacial score (nSPS) is 12.9. The Labute approximate surface area is 136 Å². The molecule has 1 aromatic rings. The van der Waals surface area contributed by atoms with E-state index in [1.807, 2.05) is 6.92 Å². The van der Waals surface area contributed by atoms with E-state index in [2.05, 4.69) is 10.6 Å². The minimum atomic E-state index is -1.29. The highest BCUT2D eigenvalue weighted by Gasteiger charge is 2.19. The number of nitrogens with one attached hydrogen (secondary N) is 2. The van der Waals surface area contributed by atoms with Crippen LogP contribution in [0.1, 0.15) is 25.8 Å². The Morgan fingerprint density at radius 2 is 1.87 bits per heavy atom. The molecule has 0 aliphatic heterocycles. The summed E-state index contributed by atoms with van der Waals surface area (Å²) in [7, 11) is 3.07. The Bertz CT molecular complexity index is 547. The summed E-state index contributed by atoms with van der Waals surface area (Å²) in [5, 5.41) is 16.1. The van der Waals surface area contributed by atoms with Gasteiger partial charge in [-0.1, -0.05) is 26.3 Å². The fraction of sp³-hybridized carbons (Fsp3) is 0.500. The molecule has 0 fully saturated rings. The number of carboxylic acid groups (broad SMARTS) is 1. The van der Waals surface area contributed by atoms with Crippen LogP contribution in [0.25, 0.3) is 0 Å². The molecule has 2 N–H and O–H groups in total. The second-order valence-electron chi connectivity index (χ2n) is 5.20. The van der Waals surface area contributed by atoms with Crippen LogP contribution in [-0.4, -0.2) is 32.3 Å². The van der Waals surface area contributed by atoms with Gasteiger partial charge in [0.1, 0.15) is 0 Å². The van der Waals surface area contributed by atoms with E-state index in [1.54, 1.807) is 25.1 Å².